The number of aliphatic hydroxyl groups is 4. The average Bonchev–Trinajstić information content (AvgIpc) is 3.83. The third-order valence-electron chi connectivity index (χ3n) is 7.59. The zero-order chi connectivity index (χ0) is 41.9. The number of aliphatic hydroxyl groups excluding tert-OH is 4. The average molecular weight is 946 g/mol. The molecule has 42 heteroatoms. The first-order valence-electron chi connectivity index (χ1n) is 15.0. The molecular formula is C20H24Li5N10O22P5. The third kappa shape index (κ3) is 14.1. The summed E-state index contributed by atoms with van der Waals surface area (Å²) < 4.78 is 96.0. The van der Waals surface area contributed by atoms with Gasteiger partial charge >= 0.3 is 94.3 Å². The van der Waals surface area contributed by atoms with Crippen LogP contribution in [0.2, 0.25) is 0 Å². The molecule has 32 nitrogen and oxygen atoms in total. The molecule has 0 amide bonds. The number of phosphoric ester groups is 2. The van der Waals surface area contributed by atoms with Gasteiger partial charge in [0.25, 0.3) is 39.1 Å². The van der Waals surface area contributed by atoms with Gasteiger partial charge < -0.3 is 74.9 Å². The van der Waals surface area contributed by atoms with Crippen molar-refractivity contribution >= 4 is 73.1 Å². The zero-order valence-electron chi connectivity index (χ0n) is 32.4. The summed E-state index contributed by atoms with van der Waals surface area (Å²) in [6.45, 7) is -2.58. The van der Waals surface area contributed by atoms with Gasteiger partial charge in [-0.05, 0) is 0 Å². The van der Waals surface area contributed by atoms with Crippen molar-refractivity contribution in [3.63, 3.8) is 0 Å². The largest absolute Gasteiger partial charge is 1.00 e. The van der Waals surface area contributed by atoms with Crippen LogP contribution in [0.15, 0.2) is 25.3 Å². The Hall–Kier alpha value is 0.157. The maximum absolute atomic E-state index is 12.2. The van der Waals surface area contributed by atoms with Crippen LogP contribution in [-0.2, 0) is 58.6 Å². The van der Waals surface area contributed by atoms with E-state index in [-0.39, 0.29) is 128 Å². The molecule has 12 unspecified atom stereocenters. The Morgan fingerprint density at radius 1 is 0.532 bits per heavy atom. The number of hydrogen-bond donors (Lipinski definition) is 6. The van der Waals surface area contributed by atoms with Crippen LogP contribution in [0.1, 0.15) is 12.5 Å². The molecule has 2 fully saturated rings. The number of anilines is 2. The topological polar surface area (TPSA) is 495 Å². The second kappa shape index (κ2) is 23.0. The van der Waals surface area contributed by atoms with Crippen LogP contribution >= 0.6 is 39.1 Å². The van der Waals surface area contributed by atoms with E-state index in [4.69, 9.17) is 20.9 Å². The molecule has 2 aliphatic rings. The summed E-state index contributed by atoms with van der Waals surface area (Å²) in [6, 6.07) is 0. The smallest absolute Gasteiger partial charge is 0.756 e. The summed E-state index contributed by atoms with van der Waals surface area (Å²) in [5.74, 6) is -0.127. The number of hydrogen-bond acceptors (Lipinski definition) is 30. The van der Waals surface area contributed by atoms with E-state index >= 15 is 0 Å². The molecule has 0 aromatic carbocycles. The van der Waals surface area contributed by atoms with E-state index in [1.54, 1.807) is 0 Å². The van der Waals surface area contributed by atoms with Gasteiger partial charge in [-0.3, -0.25) is 32.0 Å². The molecule has 6 heterocycles. The fourth-order valence-corrected chi connectivity index (χ4v) is 11.3. The van der Waals surface area contributed by atoms with Crippen molar-refractivity contribution in [3.05, 3.63) is 25.3 Å². The van der Waals surface area contributed by atoms with E-state index in [2.05, 4.69) is 56.2 Å². The molecule has 4 aromatic rings. The number of nitrogens with two attached hydrogens (primary N) is 2. The predicted molar refractivity (Wildman–Crippen MR) is 166 cm³/mol. The monoisotopic (exact) mass is 946 g/mol. The number of nitrogens with zero attached hydrogens (tertiary/aromatic N) is 8. The fraction of sp³-hybridized carbons (Fsp3) is 0.500. The SMILES string of the molecule is Nc1ncnc2c1ncn2C1OC(COP(=O)([O-])OP(=O)([O-])OP(=O)([O-])OP(=O)([O-])OP(=O)([O-])OCC2OC(n3cnc4c(N)ncnc43)C(O)C2O)C(O)C1O.[Li+].[Li+].[Li+].[Li+].[Li+]. The number of phosphoric acid groups is 5. The Morgan fingerprint density at radius 2 is 0.839 bits per heavy atom. The standard InChI is InChI=1S/C20H29N10O22P5.5Li/c21-15-9-17(25-3-23-15)29(5-27-9)19-13(33)11(31)7(47-19)1-45-53(35,36)49-55(39,40)51-57(43,44)52-56(41,42)50-54(37,38)46-2-8-12(32)14(34)20(48-8)30-6-28-10-16(22)24-4-26-18(10)30;;;;;/h3-8,11-14,19-20,31-34H,1-2H2,(H,35,36)(H,37,38)(H,39,40)(H,41,42)(H,43,44)(H2,21,23,25)(H2,22,24,26);;;;;/q;5*+1/p-5. The fourth-order valence-electron chi connectivity index (χ4n) is 5.22. The van der Waals surface area contributed by atoms with Crippen molar-refractivity contribution < 1.29 is 198 Å². The van der Waals surface area contributed by atoms with Crippen molar-refractivity contribution in [1.29, 1.82) is 0 Å². The van der Waals surface area contributed by atoms with Crippen molar-refractivity contribution in [2.45, 2.75) is 49.1 Å². The number of ether oxygens (including phenoxy) is 2. The Balaban J connectivity index is 0.00000384. The van der Waals surface area contributed by atoms with Gasteiger partial charge in [-0.1, -0.05) is 0 Å². The zero-order valence-corrected chi connectivity index (χ0v) is 36.9. The Kier molecular flexibility index (Phi) is 22.3. The van der Waals surface area contributed by atoms with Crippen LogP contribution in [0.3, 0.4) is 0 Å². The molecule has 6 rings (SSSR count). The number of imidazole rings is 2. The molecule has 4 aromatic heterocycles. The van der Waals surface area contributed by atoms with E-state index in [9.17, 15) is 67.7 Å². The van der Waals surface area contributed by atoms with E-state index in [0.29, 0.717) is 0 Å². The summed E-state index contributed by atoms with van der Waals surface area (Å²) in [6.07, 6.45) is -9.67. The maximum atomic E-state index is 12.2. The van der Waals surface area contributed by atoms with Crippen LogP contribution in [-0.4, -0.2) is 109 Å². The third-order valence-corrected chi connectivity index (χ3v) is 14.9. The molecule has 316 valence electrons. The predicted octanol–water partition coefficient (Wildman–Crippen LogP) is -20.5. The van der Waals surface area contributed by atoms with Gasteiger partial charge in [0.2, 0.25) is 0 Å². The summed E-state index contributed by atoms with van der Waals surface area (Å²) >= 11 is 0. The van der Waals surface area contributed by atoms with Gasteiger partial charge in [-0.15, -0.1) is 0 Å². The molecule has 0 bridgehead atoms. The van der Waals surface area contributed by atoms with E-state index in [0.717, 1.165) is 34.4 Å². The minimum atomic E-state index is -6.88. The molecule has 0 saturated carbocycles. The summed E-state index contributed by atoms with van der Waals surface area (Å²) in [7, 11) is -32.8. The molecule has 0 spiro atoms. The van der Waals surface area contributed by atoms with Crippen molar-refractivity contribution in [2.24, 2.45) is 0 Å². The Bertz CT molecular complexity index is 2250. The van der Waals surface area contributed by atoms with Gasteiger partial charge in [0, 0.05) is 0 Å². The second-order valence-corrected chi connectivity index (χ2v) is 19.0. The van der Waals surface area contributed by atoms with Crippen LogP contribution in [0, 0.1) is 0 Å². The van der Waals surface area contributed by atoms with Crippen molar-refractivity contribution in [2.75, 3.05) is 24.7 Å². The van der Waals surface area contributed by atoms with Crippen LogP contribution in [0.25, 0.3) is 22.3 Å². The van der Waals surface area contributed by atoms with Gasteiger partial charge in [0.05, 0.1) is 25.9 Å². The number of rotatable bonds is 16. The number of nitrogen functional groups attached to an aromatic ring is 2. The Labute approximate surface area is 406 Å². The first kappa shape index (κ1) is 60.2. The molecule has 8 N–H and O–H groups in total. The normalized spacial score (nSPS) is 28.3. The molecule has 0 radical (unpaired) electrons. The summed E-state index contributed by atoms with van der Waals surface area (Å²) in [4.78, 5) is 83.8. The molecule has 2 saturated heterocycles. The van der Waals surface area contributed by atoms with Crippen molar-refractivity contribution in [3.8, 4) is 0 Å². The molecule has 12 atom stereocenters. The van der Waals surface area contributed by atoms with Crippen LogP contribution in [0.5, 0.6) is 0 Å². The molecule has 0 aliphatic carbocycles. The quantitative estimate of drug-likeness (QED) is 0.0448. The first-order valence-corrected chi connectivity index (χ1v) is 22.3. The maximum Gasteiger partial charge on any atom is 1.00 e. The number of aromatic nitrogens is 8. The van der Waals surface area contributed by atoms with Gasteiger partial charge in [0.15, 0.2) is 35.4 Å². The molecule has 62 heavy (non-hydrogen) atoms. The summed E-state index contributed by atoms with van der Waals surface area (Å²) in [5, 5.41) is 41.6. The minimum absolute atomic E-state index is 0. The summed E-state index contributed by atoms with van der Waals surface area (Å²) in [5.41, 5.74) is 11.5. The van der Waals surface area contributed by atoms with E-state index in [1.165, 1.54) is 0 Å². The van der Waals surface area contributed by atoms with Gasteiger partial charge in [0.1, 0.15) is 60.3 Å². The first-order chi connectivity index (χ1) is 26.4. The minimum Gasteiger partial charge on any atom is -0.756 e. The van der Waals surface area contributed by atoms with E-state index in [1.807, 2.05) is 0 Å². The van der Waals surface area contributed by atoms with Crippen LogP contribution in [0.4, 0.5) is 11.6 Å². The van der Waals surface area contributed by atoms with Gasteiger partial charge in [-0.25, -0.2) is 47.1 Å². The van der Waals surface area contributed by atoms with E-state index < -0.39 is 101 Å². The van der Waals surface area contributed by atoms with Gasteiger partial charge in [-0.2, -0.15) is 0 Å². The van der Waals surface area contributed by atoms with Crippen molar-refractivity contribution in [1.82, 2.24) is 39.0 Å². The van der Waals surface area contributed by atoms with Crippen LogP contribution < -0.4 is 130 Å². The second-order valence-electron chi connectivity index (χ2n) is 11.4. The number of fused-ring (bicyclic) bond motifs is 2. The molecule has 2 aliphatic heterocycles. The molecular weight excluding hydrogens is 922 g/mol. The Morgan fingerprint density at radius 3 is 1.16 bits per heavy atom.